The number of sulfonamides is 1. The van der Waals surface area contributed by atoms with E-state index < -0.39 is 15.8 Å². The number of hydrogen-bond acceptors (Lipinski definition) is 2. The fraction of sp³-hybridized carbons (Fsp3) is 0.538. The highest BCUT2D eigenvalue weighted by atomic mass is 32.2. The summed E-state index contributed by atoms with van der Waals surface area (Å²) in [5.41, 5.74) is 0. The molecule has 0 spiro atoms. The highest BCUT2D eigenvalue weighted by Crippen LogP contribution is 2.29. The zero-order valence-electron chi connectivity index (χ0n) is 10.6. The lowest BCUT2D eigenvalue weighted by Gasteiger charge is -2.37. The van der Waals surface area contributed by atoms with Crippen LogP contribution in [0.4, 0.5) is 4.39 Å². The van der Waals surface area contributed by atoms with Crippen molar-refractivity contribution in [2.24, 2.45) is 0 Å². The van der Waals surface area contributed by atoms with Gasteiger partial charge in [0.05, 0.1) is 4.90 Å². The van der Waals surface area contributed by atoms with E-state index in [9.17, 15) is 12.8 Å². The fourth-order valence-corrected chi connectivity index (χ4v) is 4.53. The molecule has 0 amide bonds. The maximum atomic E-state index is 13.2. The van der Waals surface area contributed by atoms with Gasteiger partial charge in [-0.25, -0.2) is 12.8 Å². The van der Waals surface area contributed by atoms with E-state index in [-0.39, 0.29) is 17.0 Å². The number of piperidine rings is 1. The zero-order chi connectivity index (χ0) is 13.3. The van der Waals surface area contributed by atoms with Crippen LogP contribution in [0.2, 0.25) is 0 Å². The minimum atomic E-state index is -3.59. The maximum Gasteiger partial charge on any atom is 0.243 e. The Labute approximate surface area is 108 Å². The Balaban J connectivity index is 2.41. The van der Waals surface area contributed by atoms with Crippen LogP contribution < -0.4 is 0 Å². The number of nitrogens with zero attached hydrogens (tertiary/aromatic N) is 1. The molecule has 1 aliphatic rings. The van der Waals surface area contributed by atoms with Gasteiger partial charge in [-0.15, -0.1) is 0 Å². The molecule has 1 saturated heterocycles. The highest BCUT2D eigenvalue weighted by Gasteiger charge is 2.35. The second kappa shape index (κ2) is 4.97. The number of halogens is 1. The summed E-state index contributed by atoms with van der Waals surface area (Å²) in [7, 11) is -3.59. The molecule has 0 bridgehead atoms. The molecular weight excluding hydrogens is 253 g/mol. The number of benzene rings is 1. The van der Waals surface area contributed by atoms with Crippen molar-refractivity contribution in [2.45, 2.75) is 50.1 Å². The summed E-state index contributed by atoms with van der Waals surface area (Å²) < 4.78 is 39.7. The first-order chi connectivity index (χ1) is 8.43. The predicted molar refractivity (Wildman–Crippen MR) is 68.2 cm³/mol. The summed E-state index contributed by atoms with van der Waals surface area (Å²) in [6, 6.07) is 5.17. The molecular formula is C13H18FNO2S. The SMILES string of the molecule is CC1CCCC(C)N1S(=O)(=O)c1cccc(F)c1. The molecule has 1 aromatic carbocycles. The summed E-state index contributed by atoms with van der Waals surface area (Å²) in [6.07, 6.45) is 2.76. The van der Waals surface area contributed by atoms with Crippen molar-refractivity contribution in [1.82, 2.24) is 4.31 Å². The van der Waals surface area contributed by atoms with Gasteiger partial charge in [0.2, 0.25) is 10.0 Å². The molecule has 3 nitrogen and oxygen atoms in total. The second-order valence-corrected chi connectivity index (χ2v) is 6.76. The van der Waals surface area contributed by atoms with Gasteiger partial charge in [0, 0.05) is 12.1 Å². The van der Waals surface area contributed by atoms with Crippen molar-refractivity contribution in [3.05, 3.63) is 30.1 Å². The summed E-state index contributed by atoms with van der Waals surface area (Å²) in [6.45, 7) is 3.82. The Bertz CT molecular complexity index is 520. The first-order valence-electron chi connectivity index (χ1n) is 6.22. The molecule has 2 atom stereocenters. The van der Waals surface area contributed by atoms with Crippen molar-refractivity contribution in [3.63, 3.8) is 0 Å². The first kappa shape index (κ1) is 13.5. The van der Waals surface area contributed by atoms with Gasteiger partial charge in [0.25, 0.3) is 0 Å². The Morgan fingerprint density at radius 3 is 2.39 bits per heavy atom. The second-order valence-electron chi connectivity index (χ2n) is 4.92. The van der Waals surface area contributed by atoms with E-state index >= 15 is 0 Å². The van der Waals surface area contributed by atoms with Crippen LogP contribution in [0, 0.1) is 5.82 Å². The average molecular weight is 271 g/mol. The molecule has 5 heteroatoms. The van der Waals surface area contributed by atoms with Crippen molar-refractivity contribution in [3.8, 4) is 0 Å². The van der Waals surface area contributed by atoms with Crippen molar-refractivity contribution < 1.29 is 12.8 Å². The third kappa shape index (κ3) is 2.42. The molecule has 2 rings (SSSR count). The Morgan fingerprint density at radius 1 is 1.22 bits per heavy atom. The molecule has 0 saturated carbocycles. The first-order valence-corrected chi connectivity index (χ1v) is 7.66. The van der Waals surface area contributed by atoms with E-state index in [1.807, 2.05) is 13.8 Å². The molecule has 0 aromatic heterocycles. The molecule has 1 aliphatic heterocycles. The topological polar surface area (TPSA) is 37.4 Å². The minimum Gasteiger partial charge on any atom is -0.207 e. The van der Waals surface area contributed by atoms with E-state index in [0.717, 1.165) is 25.3 Å². The van der Waals surface area contributed by atoms with E-state index in [1.54, 1.807) is 0 Å². The van der Waals surface area contributed by atoms with Crippen LogP contribution in [0.5, 0.6) is 0 Å². The van der Waals surface area contributed by atoms with E-state index in [1.165, 1.54) is 22.5 Å². The van der Waals surface area contributed by atoms with Crippen LogP contribution in [0.1, 0.15) is 33.1 Å². The smallest absolute Gasteiger partial charge is 0.207 e. The van der Waals surface area contributed by atoms with Gasteiger partial charge < -0.3 is 0 Å². The lowest BCUT2D eigenvalue weighted by Crippen LogP contribution is -2.47. The molecule has 18 heavy (non-hydrogen) atoms. The van der Waals surface area contributed by atoms with Crippen LogP contribution in [-0.4, -0.2) is 24.8 Å². The average Bonchev–Trinajstić information content (AvgIpc) is 2.28. The molecule has 1 heterocycles. The summed E-state index contributed by atoms with van der Waals surface area (Å²) in [5, 5.41) is 0. The van der Waals surface area contributed by atoms with Crippen LogP contribution in [0.3, 0.4) is 0 Å². The number of hydrogen-bond donors (Lipinski definition) is 0. The zero-order valence-corrected chi connectivity index (χ0v) is 11.5. The quantitative estimate of drug-likeness (QED) is 0.829. The van der Waals surface area contributed by atoms with Gasteiger partial charge in [-0.05, 0) is 44.9 Å². The van der Waals surface area contributed by atoms with Gasteiger partial charge in [0.15, 0.2) is 0 Å². The minimum absolute atomic E-state index is 0.0259. The lowest BCUT2D eigenvalue weighted by molar-refractivity contribution is 0.204. The van der Waals surface area contributed by atoms with Crippen molar-refractivity contribution >= 4 is 10.0 Å². The van der Waals surface area contributed by atoms with Gasteiger partial charge >= 0.3 is 0 Å². The lowest BCUT2D eigenvalue weighted by atomic mass is 10.0. The molecule has 1 fully saturated rings. The summed E-state index contributed by atoms with van der Waals surface area (Å²) in [4.78, 5) is 0.0445. The predicted octanol–water partition coefficient (Wildman–Crippen LogP) is 2.78. The van der Waals surface area contributed by atoms with Crippen LogP contribution in [-0.2, 0) is 10.0 Å². The Kier molecular flexibility index (Phi) is 3.73. The third-order valence-corrected chi connectivity index (χ3v) is 5.61. The van der Waals surface area contributed by atoms with E-state index in [2.05, 4.69) is 0 Å². The van der Waals surface area contributed by atoms with Gasteiger partial charge in [-0.1, -0.05) is 12.5 Å². The van der Waals surface area contributed by atoms with Crippen LogP contribution >= 0.6 is 0 Å². The molecule has 0 N–H and O–H groups in total. The van der Waals surface area contributed by atoms with E-state index in [4.69, 9.17) is 0 Å². The maximum absolute atomic E-state index is 13.2. The van der Waals surface area contributed by atoms with Crippen LogP contribution in [0.15, 0.2) is 29.2 Å². The Morgan fingerprint density at radius 2 is 1.83 bits per heavy atom. The third-order valence-electron chi connectivity index (χ3n) is 3.48. The molecule has 0 radical (unpaired) electrons. The molecule has 0 aliphatic carbocycles. The number of rotatable bonds is 2. The summed E-state index contributed by atoms with van der Waals surface area (Å²) in [5.74, 6) is -0.520. The van der Waals surface area contributed by atoms with E-state index in [0.29, 0.717) is 0 Å². The van der Waals surface area contributed by atoms with Gasteiger partial charge in [0.1, 0.15) is 5.82 Å². The molecule has 2 unspecified atom stereocenters. The largest absolute Gasteiger partial charge is 0.243 e. The van der Waals surface area contributed by atoms with Gasteiger partial charge in [-0.2, -0.15) is 4.31 Å². The fourth-order valence-electron chi connectivity index (χ4n) is 2.62. The summed E-state index contributed by atoms with van der Waals surface area (Å²) >= 11 is 0. The van der Waals surface area contributed by atoms with Gasteiger partial charge in [-0.3, -0.25) is 0 Å². The van der Waals surface area contributed by atoms with Crippen LogP contribution in [0.25, 0.3) is 0 Å². The monoisotopic (exact) mass is 271 g/mol. The van der Waals surface area contributed by atoms with Crippen molar-refractivity contribution in [1.29, 1.82) is 0 Å². The molecule has 1 aromatic rings. The molecule has 100 valence electrons. The van der Waals surface area contributed by atoms with Crippen molar-refractivity contribution in [2.75, 3.05) is 0 Å². The normalized spacial score (nSPS) is 26.2. The highest BCUT2D eigenvalue weighted by molar-refractivity contribution is 7.89. The Hall–Kier alpha value is -0.940. The standard InChI is InChI=1S/C13H18FNO2S/c1-10-5-3-6-11(2)15(10)18(16,17)13-8-4-7-12(14)9-13/h4,7-11H,3,5-6H2,1-2H3.